The summed E-state index contributed by atoms with van der Waals surface area (Å²) in [6, 6.07) is 7.14. The van der Waals surface area contributed by atoms with E-state index in [9.17, 15) is 18.0 Å². The molecule has 0 aliphatic heterocycles. The van der Waals surface area contributed by atoms with Gasteiger partial charge in [-0.05, 0) is 66.8 Å². The Balaban J connectivity index is 1.69. The van der Waals surface area contributed by atoms with Crippen molar-refractivity contribution >= 4 is 5.97 Å². The van der Waals surface area contributed by atoms with E-state index in [0.29, 0.717) is 17.9 Å². The lowest BCUT2D eigenvalue weighted by molar-refractivity contribution is 0.0724. The van der Waals surface area contributed by atoms with Gasteiger partial charge < -0.3 is 4.74 Å². The average molecular weight is 429 g/mol. The molecule has 0 bridgehead atoms. The molecule has 0 N–H and O–H groups in total. The van der Waals surface area contributed by atoms with Crippen molar-refractivity contribution in [1.29, 1.82) is 5.26 Å². The van der Waals surface area contributed by atoms with E-state index in [1.54, 1.807) is 6.07 Å². The van der Waals surface area contributed by atoms with Gasteiger partial charge in [0.05, 0.1) is 5.56 Å². The van der Waals surface area contributed by atoms with E-state index in [-0.39, 0.29) is 17.2 Å². The normalized spacial score (nSPS) is 19.5. The molecule has 1 aliphatic carbocycles. The number of nitriles is 1. The van der Waals surface area contributed by atoms with E-state index in [4.69, 9.17) is 10.00 Å². The highest BCUT2D eigenvalue weighted by Gasteiger charge is 2.26. The van der Waals surface area contributed by atoms with E-state index in [0.717, 1.165) is 30.9 Å². The first-order valence-corrected chi connectivity index (χ1v) is 10.7. The van der Waals surface area contributed by atoms with Gasteiger partial charge in [0.25, 0.3) is 0 Å². The maximum Gasteiger partial charge on any atom is 0.349 e. The number of carbonyl (C=O) groups is 1. The van der Waals surface area contributed by atoms with Gasteiger partial charge in [0.2, 0.25) is 0 Å². The van der Waals surface area contributed by atoms with Crippen LogP contribution < -0.4 is 4.74 Å². The molecule has 1 atom stereocenters. The van der Waals surface area contributed by atoms with Crippen LogP contribution in [0.15, 0.2) is 30.3 Å². The molecule has 0 heterocycles. The first-order valence-electron chi connectivity index (χ1n) is 10.7. The van der Waals surface area contributed by atoms with Crippen LogP contribution in [-0.4, -0.2) is 5.97 Å². The Kier molecular flexibility index (Phi) is 7.37. The number of hydrogen-bond donors (Lipinski definition) is 0. The largest absolute Gasteiger partial charge is 0.423 e. The maximum absolute atomic E-state index is 14.6. The van der Waals surface area contributed by atoms with Crippen molar-refractivity contribution in [2.45, 2.75) is 52.4 Å². The summed E-state index contributed by atoms with van der Waals surface area (Å²) in [7, 11) is 0. The van der Waals surface area contributed by atoms with Crippen LogP contribution in [0.2, 0.25) is 0 Å². The molecular weight excluding hydrogens is 403 g/mol. The van der Waals surface area contributed by atoms with Gasteiger partial charge in [-0.3, -0.25) is 0 Å². The fraction of sp³-hybridized carbons (Fsp3) is 0.440. The number of ether oxygens (including phenoxy) is 1. The van der Waals surface area contributed by atoms with Crippen LogP contribution in [0.25, 0.3) is 0 Å². The first-order chi connectivity index (χ1) is 14.8. The Hall–Kier alpha value is -2.81. The molecule has 3 nitrogen and oxygen atoms in total. The third kappa shape index (κ3) is 5.46. The first kappa shape index (κ1) is 22.9. The quantitative estimate of drug-likeness (QED) is 0.384. The summed E-state index contributed by atoms with van der Waals surface area (Å²) in [6.07, 6.45) is 6.41. The van der Waals surface area contributed by atoms with Gasteiger partial charge in [0.15, 0.2) is 0 Å². The van der Waals surface area contributed by atoms with E-state index in [1.807, 2.05) is 0 Å². The highest BCUT2D eigenvalue weighted by Crippen LogP contribution is 2.36. The molecule has 3 rings (SSSR count). The van der Waals surface area contributed by atoms with Crippen LogP contribution >= 0.6 is 0 Å². The number of benzene rings is 2. The van der Waals surface area contributed by atoms with Crippen molar-refractivity contribution in [2.75, 3.05) is 0 Å². The van der Waals surface area contributed by atoms with Crippen molar-refractivity contribution in [3.63, 3.8) is 0 Å². The summed E-state index contributed by atoms with van der Waals surface area (Å²) in [5, 5.41) is 8.74. The molecule has 0 amide bonds. The Bertz CT molecular complexity index is 968. The van der Waals surface area contributed by atoms with Crippen LogP contribution in [0.5, 0.6) is 5.75 Å². The molecule has 1 fully saturated rings. The average Bonchev–Trinajstić information content (AvgIpc) is 2.73. The number of hydrogen-bond acceptors (Lipinski definition) is 3. The van der Waals surface area contributed by atoms with Crippen molar-refractivity contribution in [1.82, 2.24) is 0 Å². The zero-order valence-corrected chi connectivity index (χ0v) is 17.8. The van der Waals surface area contributed by atoms with E-state index in [1.165, 1.54) is 37.5 Å². The van der Waals surface area contributed by atoms with Crippen molar-refractivity contribution < 1.29 is 22.7 Å². The second-order valence-corrected chi connectivity index (χ2v) is 8.45. The third-order valence-electron chi connectivity index (χ3n) is 6.41. The minimum atomic E-state index is -1.25. The molecule has 6 heteroatoms. The number of nitrogens with zero attached hydrogens (tertiary/aromatic N) is 1. The molecular formula is C25H26F3NO2. The van der Waals surface area contributed by atoms with Gasteiger partial charge in [-0.1, -0.05) is 33.1 Å². The van der Waals surface area contributed by atoms with Crippen molar-refractivity contribution in [3.8, 4) is 11.8 Å². The Morgan fingerprint density at radius 2 is 1.74 bits per heavy atom. The van der Waals surface area contributed by atoms with Crippen LogP contribution in [0.1, 0.15) is 67.4 Å². The molecule has 2 aromatic carbocycles. The summed E-state index contributed by atoms with van der Waals surface area (Å²) in [6.45, 7) is 4.32. The Labute approximate surface area is 180 Å². The molecule has 31 heavy (non-hydrogen) atoms. The van der Waals surface area contributed by atoms with Crippen LogP contribution in [-0.2, 0) is 6.42 Å². The Morgan fingerprint density at radius 1 is 1.10 bits per heavy atom. The van der Waals surface area contributed by atoms with Gasteiger partial charge in [0.1, 0.15) is 34.8 Å². The summed E-state index contributed by atoms with van der Waals surface area (Å²) in [4.78, 5) is 12.3. The number of halogens is 3. The van der Waals surface area contributed by atoms with Crippen molar-refractivity contribution in [3.05, 3.63) is 64.5 Å². The molecule has 0 saturated heterocycles. The zero-order chi connectivity index (χ0) is 22.5. The second-order valence-electron chi connectivity index (χ2n) is 8.45. The van der Waals surface area contributed by atoms with Crippen LogP contribution in [0, 0.1) is 46.5 Å². The Morgan fingerprint density at radius 3 is 2.29 bits per heavy atom. The van der Waals surface area contributed by atoms with Gasteiger partial charge in [0, 0.05) is 6.07 Å². The lowest BCUT2D eigenvalue weighted by atomic mass is 9.74. The van der Waals surface area contributed by atoms with Crippen molar-refractivity contribution in [2.24, 2.45) is 17.8 Å². The maximum atomic E-state index is 14.6. The smallest absolute Gasteiger partial charge is 0.349 e. The molecule has 1 saturated carbocycles. The van der Waals surface area contributed by atoms with Gasteiger partial charge in [-0.15, -0.1) is 0 Å². The zero-order valence-electron chi connectivity index (χ0n) is 17.8. The van der Waals surface area contributed by atoms with Crippen LogP contribution in [0.3, 0.4) is 0 Å². The molecule has 2 aromatic rings. The number of esters is 1. The van der Waals surface area contributed by atoms with Gasteiger partial charge in [-0.2, -0.15) is 5.26 Å². The molecule has 0 spiro atoms. The van der Waals surface area contributed by atoms with Crippen LogP contribution in [0.4, 0.5) is 13.2 Å². The third-order valence-corrected chi connectivity index (χ3v) is 6.41. The second kappa shape index (κ2) is 10.00. The number of carbonyl (C=O) groups excluding carboxylic acids is 1. The molecule has 1 unspecified atom stereocenters. The molecule has 1 aliphatic rings. The van der Waals surface area contributed by atoms with E-state index in [2.05, 4.69) is 13.8 Å². The SMILES string of the molecule is CCC1CCC(C(C)Cc2cc(F)c(C(=O)Oc3ccc(C#N)c(F)c3)c(F)c2)CC1. The summed E-state index contributed by atoms with van der Waals surface area (Å²) in [5.74, 6) is -2.77. The summed E-state index contributed by atoms with van der Waals surface area (Å²) in [5.41, 5.74) is -0.537. The predicted molar refractivity (Wildman–Crippen MR) is 111 cm³/mol. The molecule has 0 radical (unpaired) electrons. The molecule has 164 valence electrons. The van der Waals surface area contributed by atoms with E-state index < -0.39 is 29.0 Å². The fourth-order valence-corrected chi connectivity index (χ4v) is 4.45. The molecule has 0 aromatic heterocycles. The topological polar surface area (TPSA) is 50.1 Å². The minimum Gasteiger partial charge on any atom is -0.423 e. The summed E-state index contributed by atoms with van der Waals surface area (Å²) >= 11 is 0. The van der Waals surface area contributed by atoms with E-state index >= 15 is 0 Å². The number of rotatable bonds is 6. The van der Waals surface area contributed by atoms with Gasteiger partial charge in [-0.25, -0.2) is 18.0 Å². The van der Waals surface area contributed by atoms with Gasteiger partial charge >= 0.3 is 5.97 Å². The highest BCUT2D eigenvalue weighted by atomic mass is 19.1. The fourth-order valence-electron chi connectivity index (χ4n) is 4.45. The monoisotopic (exact) mass is 429 g/mol. The lowest BCUT2D eigenvalue weighted by Crippen LogP contribution is -2.21. The highest BCUT2D eigenvalue weighted by molar-refractivity contribution is 5.91. The summed E-state index contributed by atoms with van der Waals surface area (Å²) < 4.78 is 47.8. The lowest BCUT2D eigenvalue weighted by Gasteiger charge is -2.32. The minimum absolute atomic E-state index is 0.223. The predicted octanol–water partition coefficient (Wildman–Crippen LogP) is 6.59. The standard InChI is InChI=1S/C25H26F3NO2/c1-3-16-4-6-18(7-5-16)15(2)10-17-11-22(27)24(23(28)12-17)25(30)31-20-9-8-19(14-29)21(26)13-20/h8-9,11-13,15-16,18H,3-7,10H2,1-2H3.